The van der Waals surface area contributed by atoms with E-state index in [0.29, 0.717) is 18.5 Å². The highest BCUT2D eigenvalue weighted by molar-refractivity contribution is 5.91. The van der Waals surface area contributed by atoms with E-state index in [9.17, 15) is 31.9 Å². The lowest BCUT2D eigenvalue weighted by molar-refractivity contribution is -0.275. The van der Waals surface area contributed by atoms with Crippen molar-refractivity contribution in [1.82, 2.24) is 4.90 Å². The first-order valence-corrected chi connectivity index (χ1v) is 12.9. The molecule has 2 aromatic carbocycles. The largest absolute Gasteiger partial charge is 0.573 e. The maximum Gasteiger partial charge on any atom is 0.573 e. The molecule has 12 heteroatoms. The van der Waals surface area contributed by atoms with Crippen LogP contribution in [0.3, 0.4) is 0 Å². The van der Waals surface area contributed by atoms with Gasteiger partial charge in [0, 0.05) is 30.5 Å². The molecule has 3 unspecified atom stereocenters. The van der Waals surface area contributed by atoms with Gasteiger partial charge in [0.05, 0.1) is 18.2 Å². The number of amides is 2. The fourth-order valence-electron chi connectivity index (χ4n) is 5.72. The highest BCUT2D eigenvalue weighted by Gasteiger charge is 2.50. The molecule has 1 aliphatic heterocycles. The smallest absolute Gasteiger partial charge is 0.481 e. The van der Waals surface area contributed by atoms with Crippen molar-refractivity contribution < 1.29 is 46.5 Å². The second-order valence-corrected chi connectivity index (χ2v) is 9.96. The van der Waals surface area contributed by atoms with Crippen LogP contribution >= 0.6 is 0 Å². The quantitative estimate of drug-likeness (QED) is 0.393. The molecule has 2 aromatic rings. The molecule has 1 heterocycles. The van der Waals surface area contributed by atoms with Gasteiger partial charge in [0.15, 0.2) is 11.6 Å². The van der Waals surface area contributed by atoms with Crippen molar-refractivity contribution in [3.8, 4) is 5.75 Å². The van der Waals surface area contributed by atoms with Gasteiger partial charge < -0.3 is 19.5 Å². The maximum absolute atomic E-state index is 14.1. The number of ether oxygens (including phenoxy) is 2. The number of para-hydroxylation sites is 1. The van der Waals surface area contributed by atoms with E-state index in [1.165, 1.54) is 6.07 Å². The van der Waals surface area contributed by atoms with E-state index in [-0.39, 0.29) is 48.9 Å². The number of carbonyl (C=O) groups excluding carboxylic acids is 2. The molecule has 0 aromatic heterocycles. The van der Waals surface area contributed by atoms with E-state index in [1.54, 1.807) is 28.0 Å². The minimum atomic E-state index is -5.04. The Bertz CT molecular complexity index is 1360. The van der Waals surface area contributed by atoms with Crippen LogP contribution in [0.4, 0.5) is 28.0 Å². The zero-order chi connectivity index (χ0) is 28.6. The van der Waals surface area contributed by atoms with Crippen molar-refractivity contribution in [2.75, 3.05) is 4.90 Å². The summed E-state index contributed by atoms with van der Waals surface area (Å²) < 4.78 is 60.6. The van der Waals surface area contributed by atoms with Crippen molar-refractivity contribution >= 4 is 23.7 Å². The summed E-state index contributed by atoms with van der Waals surface area (Å²) in [5.74, 6) is -3.70. The summed E-state index contributed by atoms with van der Waals surface area (Å²) in [5, 5.41) is 9.10. The second kappa shape index (κ2) is 10.8. The zero-order valence-electron chi connectivity index (χ0n) is 21.2. The Morgan fingerprint density at radius 2 is 1.82 bits per heavy atom. The van der Waals surface area contributed by atoms with E-state index in [0.717, 1.165) is 36.2 Å². The molecule has 0 bridgehead atoms. The molecule has 1 fully saturated rings. The number of anilines is 1. The fraction of sp³-hybridized carbons (Fsp3) is 0.393. The summed E-state index contributed by atoms with van der Waals surface area (Å²) in [6, 6.07) is 9.29. The van der Waals surface area contributed by atoms with Gasteiger partial charge in [-0.05, 0) is 42.2 Å². The lowest BCUT2D eigenvalue weighted by atomic mass is 9.81. The minimum absolute atomic E-state index is 0.131. The molecule has 212 valence electrons. The normalized spacial score (nSPS) is 21.1. The van der Waals surface area contributed by atoms with Crippen molar-refractivity contribution in [2.24, 2.45) is 5.92 Å². The van der Waals surface area contributed by atoms with Crippen LogP contribution < -0.4 is 9.64 Å². The molecule has 0 radical (unpaired) electrons. The number of aliphatic carboxylic acids is 1. The van der Waals surface area contributed by atoms with Crippen LogP contribution in [-0.4, -0.2) is 40.4 Å². The monoisotopic (exact) mass is 562 g/mol. The van der Waals surface area contributed by atoms with Crippen LogP contribution in [0, 0.1) is 11.7 Å². The van der Waals surface area contributed by atoms with E-state index in [1.807, 2.05) is 12.1 Å². The van der Waals surface area contributed by atoms with Crippen molar-refractivity contribution in [3.05, 3.63) is 71.2 Å². The number of alkyl halides is 3. The minimum Gasteiger partial charge on any atom is -0.481 e. The average Bonchev–Trinajstić information content (AvgIpc) is 3.62. The van der Waals surface area contributed by atoms with Gasteiger partial charge in [-0.3, -0.25) is 14.5 Å². The summed E-state index contributed by atoms with van der Waals surface area (Å²) in [4.78, 5) is 41.0. The molecule has 5 rings (SSSR count). The Balaban J connectivity index is 1.39. The SMILES string of the molecule is O=C(O)CCC(=O)N(C1=CC1)C1c2ccccc2N(C(=O)OCc2ccc(OC(F)(F)F)c(F)c2)C2CCCC12. The van der Waals surface area contributed by atoms with Gasteiger partial charge in [0.25, 0.3) is 0 Å². The molecule has 2 aliphatic carbocycles. The van der Waals surface area contributed by atoms with Gasteiger partial charge in [-0.15, -0.1) is 13.2 Å². The van der Waals surface area contributed by atoms with E-state index >= 15 is 0 Å². The number of carboxylic acid groups (broad SMARTS) is 1. The summed E-state index contributed by atoms with van der Waals surface area (Å²) in [6.07, 6.45) is -1.45. The molecular formula is C28H26F4N2O6. The number of allylic oxidation sites excluding steroid dienone is 2. The van der Waals surface area contributed by atoms with Gasteiger partial charge in [0.1, 0.15) is 6.61 Å². The Kier molecular flexibility index (Phi) is 7.43. The molecule has 8 nitrogen and oxygen atoms in total. The number of halogens is 4. The third-order valence-corrected chi connectivity index (χ3v) is 7.36. The number of benzene rings is 2. The number of nitrogens with zero attached hydrogens (tertiary/aromatic N) is 2. The van der Waals surface area contributed by atoms with Crippen LogP contribution in [0.15, 0.2) is 54.2 Å². The van der Waals surface area contributed by atoms with Gasteiger partial charge in [0.2, 0.25) is 5.91 Å². The number of rotatable bonds is 8. The third-order valence-electron chi connectivity index (χ3n) is 7.36. The molecule has 1 N–H and O–H groups in total. The van der Waals surface area contributed by atoms with Crippen molar-refractivity contribution in [1.29, 1.82) is 0 Å². The van der Waals surface area contributed by atoms with Crippen LogP contribution in [0.2, 0.25) is 0 Å². The predicted molar refractivity (Wildman–Crippen MR) is 132 cm³/mol. The Morgan fingerprint density at radius 1 is 1.07 bits per heavy atom. The maximum atomic E-state index is 14.1. The summed E-state index contributed by atoms with van der Waals surface area (Å²) in [5.41, 5.74) is 2.26. The molecule has 0 spiro atoms. The molecule has 3 atom stereocenters. The van der Waals surface area contributed by atoms with Gasteiger partial charge in [-0.2, -0.15) is 0 Å². The first-order chi connectivity index (χ1) is 19.0. The van der Waals surface area contributed by atoms with Crippen molar-refractivity contribution in [2.45, 2.75) is 63.6 Å². The van der Waals surface area contributed by atoms with Crippen LogP contribution in [0.1, 0.15) is 55.7 Å². The Morgan fingerprint density at radius 3 is 2.50 bits per heavy atom. The van der Waals surface area contributed by atoms with Crippen LogP contribution in [0.25, 0.3) is 0 Å². The summed E-state index contributed by atoms with van der Waals surface area (Å²) >= 11 is 0. The highest BCUT2D eigenvalue weighted by atomic mass is 19.4. The zero-order valence-corrected chi connectivity index (χ0v) is 21.2. The number of carboxylic acids is 1. The number of fused-ring (bicyclic) bond motifs is 2. The summed E-state index contributed by atoms with van der Waals surface area (Å²) in [7, 11) is 0. The Labute approximate surface area is 226 Å². The topological polar surface area (TPSA) is 96.4 Å². The molecule has 0 saturated heterocycles. The number of hydrogen-bond acceptors (Lipinski definition) is 5. The van der Waals surface area contributed by atoms with Crippen LogP contribution in [0.5, 0.6) is 5.75 Å². The van der Waals surface area contributed by atoms with E-state index in [4.69, 9.17) is 9.84 Å². The van der Waals surface area contributed by atoms with Crippen molar-refractivity contribution in [3.63, 3.8) is 0 Å². The first kappa shape index (κ1) is 27.5. The van der Waals surface area contributed by atoms with Gasteiger partial charge in [-0.25, -0.2) is 9.18 Å². The highest BCUT2D eigenvalue weighted by Crippen LogP contribution is 2.52. The lowest BCUT2D eigenvalue weighted by Crippen LogP contribution is -2.51. The standard InChI is InChI=1S/C28H26F4N2O6/c29-20-14-16(8-11-23(20)40-28(30,31)32)15-39-27(38)34-21-6-2-1-4-18(21)26(19-5-3-7-22(19)34)33(17-9-10-17)24(35)12-13-25(36)37/h1-2,4,6,8-9,11,14,19,22,26H,3,5,7,10,12-13,15H2,(H,36,37). The lowest BCUT2D eigenvalue weighted by Gasteiger charge is -2.46. The Hall–Kier alpha value is -4.09. The van der Waals surface area contributed by atoms with E-state index < -0.39 is 30.0 Å². The van der Waals surface area contributed by atoms with Gasteiger partial charge >= 0.3 is 18.4 Å². The number of carbonyl (C=O) groups is 3. The molecule has 3 aliphatic rings. The van der Waals surface area contributed by atoms with Crippen LogP contribution in [-0.2, 0) is 20.9 Å². The fourth-order valence-corrected chi connectivity index (χ4v) is 5.72. The van der Waals surface area contributed by atoms with E-state index in [2.05, 4.69) is 4.74 Å². The molecule has 1 saturated carbocycles. The average molecular weight is 563 g/mol. The van der Waals surface area contributed by atoms with Gasteiger partial charge in [-0.1, -0.05) is 36.8 Å². The second-order valence-electron chi connectivity index (χ2n) is 9.96. The molecule has 40 heavy (non-hydrogen) atoms. The summed E-state index contributed by atoms with van der Waals surface area (Å²) in [6.45, 7) is -0.381. The number of hydrogen-bond donors (Lipinski definition) is 1. The molecular weight excluding hydrogens is 536 g/mol. The first-order valence-electron chi connectivity index (χ1n) is 12.9. The predicted octanol–water partition coefficient (Wildman–Crippen LogP) is 6.07. The third kappa shape index (κ3) is 5.75. The molecule has 2 amide bonds.